The van der Waals surface area contributed by atoms with Crippen LogP contribution in [-0.4, -0.2) is 4.98 Å². The van der Waals surface area contributed by atoms with Gasteiger partial charge in [-0.1, -0.05) is 31.4 Å². The topological polar surface area (TPSA) is 26.0 Å². The van der Waals surface area contributed by atoms with E-state index >= 15 is 0 Å². The SMILES string of the molecule is C=Cc1nc(-c2ccccc2)oc1C=C. The summed E-state index contributed by atoms with van der Waals surface area (Å²) in [4.78, 5) is 4.31. The van der Waals surface area contributed by atoms with Gasteiger partial charge >= 0.3 is 0 Å². The second-order valence-corrected chi connectivity index (χ2v) is 3.04. The highest BCUT2D eigenvalue weighted by Crippen LogP contribution is 2.22. The lowest BCUT2D eigenvalue weighted by Gasteiger charge is -1.91. The molecule has 1 aromatic carbocycles. The fourth-order valence-corrected chi connectivity index (χ4v) is 1.34. The van der Waals surface area contributed by atoms with Crippen LogP contribution in [0.5, 0.6) is 0 Å². The maximum absolute atomic E-state index is 5.54. The molecule has 1 aromatic heterocycles. The minimum atomic E-state index is 0.598. The predicted molar refractivity (Wildman–Crippen MR) is 62.1 cm³/mol. The van der Waals surface area contributed by atoms with Gasteiger partial charge in [0.1, 0.15) is 5.69 Å². The zero-order valence-electron chi connectivity index (χ0n) is 8.31. The fraction of sp³-hybridized carbons (Fsp3) is 0. The summed E-state index contributed by atoms with van der Waals surface area (Å²) in [6.07, 6.45) is 3.30. The maximum atomic E-state index is 5.54. The van der Waals surface area contributed by atoms with Crippen molar-refractivity contribution in [2.75, 3.05) is 0 Å². The molecular formula is C13H11NO. The molecule has 0 amide bonds. The van der Waals surface area contributed by atoms with E-state index < -0.39 is 0 Å². The molecule has 0 atom stereocenters. The Kier molecular flexibility index (Phi) is 2.50. The third-order valence-corrected chi connectivity index (χ3v) is 2.08. The van der Waals surface area contributed by atoms with E-state index in [-0.39, 0.29) is 0 Å². The summed E-state index contributed by atoms with van der Waals surface area (Å²) in [5.41, 5.74) is 1.68. The fourth-order valence-electron chi connectivity index (χ4n) is 1.34. The first-order valence-electron chi connectivity index (χ1n) is 4.66. The van der Waals surface area contributed by atoms with Crippen LogP contribution in [0.15, 0.2) is 47.9 Å². The van der Waals surface area contributed by atoms with Crippen LogP contribution >= 0.6 is 0 Å². The minimum absolute atomic E-state index is 0.598. The molecule has 0 aliphatic heterocycles. The largest absolute Gasteiger partial charge is 0.436 e. The quantitative estimate of drug-likeness (QED) is 0.751. The van der Waals surface area contributed by atoms with Gasteiger partial charge in [0.25, 0.3) is 0 Å². The Morgan fingerprint density at radius 1 is 1.07 bits per heavy atom. The number of hydrogen-bond acceptors (Lipinski definition) is 2. The molecule has 0 aliphatic rings. The first kappa shape index (κ1) is 9.46. The number of hydrogen-bond donors (Lipinski definition) is 0. The third kappa shape index (κ3) is 1.74. The molecule has 0 N–H and O–H groups in total. The van der Waals surface area contributed by atoms with Crippen LogP contribution in [-0.2, 0) is 0 Å². The lowest BCUT2D eigenvalue weighted by molar-refractivity contribution is 0.564. The highest BCUT2D eigenvalue weighted by molar-refractivity contribution is 5.62. The number of oxazole rings is 1. The van der Waals surface area contributed by atoms with Gasteiger partial charge in [-0.25, -0.2) is 4.98 Å². The molecule has 15 heavy (non-hydrogen) atoms. The van der Waals surface area contributed by atoms with Crippen molar-refractivity contribution in [2.45, 2.75) is 0 Å². The van der Waals surface area contributed by atoms with E-state index in [2.05, 4.69) is 18.1 Å². The van der Waals surface area contributed by atoms with Gasteiger partial charge in [-0.05, 0) is 24.3 Å². The van der Waals surface area contributed by atoms with Crippen molar-refractivity contribution in [2.24, 2.45) is 0 Å². The molecule has 0 fully saturated rings. The summed E-state index contributed by atoms with van der Waals surface area (Å²) in [6, 6.07) is 9.74. The van der Waals surface area contributed by atoms with E-state index in [9.17, 15) is 0 Å². The maximum Gasteiger partial charge on any atom is 0.227 e. The van der Waals surface area contributed by atoms with Gasteiger partial charge in [0.05, 0.1) is 0 Å². The first-order chi connectivity index (χ1) is 7.35. The standard InChI is InChI=1S/C13H11NO/c1-3-11-12(4-2)15-13(14-11)10-8-6-5-7-9-10/h3-9H,1-2H2. The van der Waals surface area contributed by atoms with Crippen LogP contribution in [0.3, 0.4) is 0 Å². The molecule has 0 unspecified atom stereocenters. The van der Waals surface area contributed by atoms with Crippen molar-refractivity contribution < 1.29 is 4.42 Å². The van der Waals surface area contributed by atoms with Crippen molar-refractivity contribution in [3.05, 3.63) is 54.9 Å². The molecule has 0 radical (unpaired) electrons. The van der Waals surface area contributed by atoms with E-state index in [1.807, 2.05) is 30.3 Å². The smallest absolute Gasteiger partial charge is 0.227 e. The van der Waals surface area contributed by atoms with Gasteiger partial charge in [0.2, 0.25) is 5.89 Å². The normalized spacial score (nSPS) is 9.87. The molecule has 2 heteroatoms. The van der Waals surface area contributed by atoms with Crippen molar-refractivity contribution in [1.29, 1.82) is 0 Å². The molecule has 2 aromatic rings. The summed E-state index contributed by atoms with van der Waals surface area (Å²) >= 11 is 0. The molecule has 0 saturated heterocycles. The van der Waals surface area contributed by atoms with E-state index in [0.717, 1.165) is 11.3 Å². The Balaban J connectivity index is 2.51. The molecule has 0 saturated carbocycles. The number of nitrogens with zero attached hydrogens (tertiary/aromatic N) is 1. The Morgan fingerprint density at radius 2 is 1.80 bits per heavy atom. The Bertz CT molecular complexity index is 457. The highest BCUT2D eigenvalue weighted by Gasteiger charge is 2.08. The molecule has 74 valence electrons. The predicted octanol–water partition coefficient (Wildman–Crippen LogP) is 3.63. The van der Waals surface area contributed by atoms with E-state index in [0.29, 0.717) is 11.7 Å². The zero-order chi connectivity index (χ0) is 10.7. The van der Waals surface area contributed by atoms with Gasteiger partial charge < -0.3 is 4.42 Å². The Labute approximate surface area is 88.6 Å². The molecule has 2 rings (SSSR count). The molecule has 0 aliphatic carbocycles. The van der Waals surface area contributed by atoms with E-state index in [1.165, 1.54) is 0 Å². The molecule has 1 heterocycles. The number of rotatable bonds is 3. The van der Waals surface area contributed by atoms with Gasteiger partial charge in [-0.3, -0.25) is 0 Å². The molecule has 0 bridgehead atoms. The van der Waals surface area contributed by atoms with E-state index in [4.69, 9.17) is 4.42 Å². The van der Waals surface area contributed by atoms with Crippen LogP contribution in [0.25, 0.3) is 23.6 Å². The Hall–Kier alpha value is -2.09. The average molecular weight is 197 g/mol. The first-order valence-corrected chi connectivity index (χ1v) is 4.66. The van der Waals surface area contributed by atoms with Gasteiger partial charge in [0.15, 0.2) is 5.76 Å². The molecular weight excluding hydrogens is 186 g/mol. The second-order valence-electron chi connectivity index (χ2n) is 3.04. The number of benzene rings is 1. The van der Waals surface area contributed by atoms with Crippen LogP contribution in [0.4, 0.5) is 0 Å². The number of aromatic nitrogens is 1. The van der Waals surface area contributed by atoms with Crippen LogP contribution < -0.4 is 0 Å². The van der Waals surface area contributed by atoms with Crippen molar-refractivity contribution in [3.8, 4) is 11.5 Å². The van der Waals surface area contributed by atoms with Gasteiger partial charge in [-0.15, -0.1) is 0 Å². The summed E-state index contributed by atoms with van der Waals surface area (Å²) in [6.45, 7) is 7.34. The van der Waals surface area contributed by atoms with Crippen LogP contribution in [0.2, 0.25) is 0 Å². The molecule has 0 spiro atoms. The summed E-state index contributed by atoms with van der Waals surface area (Å²) in [5.74, 6) is 1.25. The van der Waals surface area contributed by atoms with E-state index in [1.54, 1.807) is 12.2 Å². The second kappa shape index (κ2) is 3.96. The summed E-state index contributed by atoms with van der Waals surface area (Å²) in [7, 11) is 0. The minimum Gasteiger partial charge on any atom is -0.436 e. The van der Waals surface area contributed by atoms with Crippen LogP contribution in [0, 0.1) is 0 Å². The van der Waals surface area contributed by atoms with Crippen molar-refractivity contribution in [1.82, 2.24) is 4.98 Å². The van der Waals surface area contributed by atoms with Gasteiger partial charge in [0, 0.05) is 5.56 Å². The third-order valence-electron chi connectivity index (χ3n) is 2.08. The highest BCUT2D eigenvalue weighted by atomic mass is 16.4. The van der Waals surface area contributed by atoms with Crippen LogP contribution in [0.1, 0.15) is 11.5 Å². The summed E-state index contributed by atoms with van der Waals surface area (Å²) in [5, 5.41) is 0. The monoisotopic (exact) mass is 197 g/mol. The van der Waals surface area contributed by atoms with Crippen molar-refractivity contribution >= 4 is 12.2 Å². The van der Waals surface area contributed by atoms with Gasteiger partial charge in [-0.2, -0.15) is 0 Å². The lowest BCUT2D eigenvalue weighted by atomic mass is 10.2. The van der Waals surface area contributed by atoms with Crippen molar-refractivity contribution in [3.63, 3.8) is 0 Å². The zero-order valence-corrected chi connectivity index (χ0v) is 8.31. The average Bonchev–Trinajstić information content (AvgIpc) is 2.73. The summed E-state index contributed by atoms with van der Waals surface area (Å²) < 4.78 is 5.54. The lowest BCUT2D eigenvalue weighted by Crippen LogP contribution is -1.76. The molecule has 2 nitrogen and oxygen atoms in total. The Morgan fingerprint density at radius 3 is 2.33 bits per heavy atom.